The van der Waals surface area contributed by atoms with Gasteiger partial charge in [-0.2, -0.15) is 7.82 Å². The molecule has 2 saturated heterocycles. The van der Waals surface area contributed by atoms with Crippen molar-refractivity contribution < 1.29 is 228 Å². The fraction of sp³-hybridized carbons (Fsp3) is 1.00. The minimum absolute atomic E-state index is 0. The zero-order valence-corrected chi connectivity index (χ0v) is 27.3. The first-order valence-electron chi connectivity index (χ1n) is 7.81. The van der Waals surface area contributed by atoms with Crippen molar-refractivity contribution in [2.45, 2.75) is 61.4 Å². The van der Waals surface area contributed by atoms with Gasteiger partial charge in [-0.05, 0) is 0 Å². The minimum atomic E-state index is -5.39. The maximum Gasteiger partial charge on any atom is 1.00 e. The van der Waals surface area contributed by atoms with Crippen LogP contribution in [0.25, 0.3) is 0 Å². The monoisotopic (exact) mass is 554 g/mol. The first kappa shape index (κ1) is 40.1. The Bertz CT molecular complexity index is 517. The van der Waals surface area contributed by atoms with E-state index in [-0.39, 0.29) is 154 Å². The fourth-order valence-electron chi connectivity index (χ4n) is 2.57. The van der Waals surface area contributed by atoms with Gasteiger partial charge in [0.1, 0.15) is 48.8 Å². The van der Waals surface area contributed by atoms with E-state index in [1.807, 2.05) is 0 Å². The Morgan fingerprint density at radius 1 is 0.710 bits per heavy atom. The first-order valence-corrected chi connectivity index (χ1v) is 9.27. The van der Waals surface area contributed by atoms with Gasteiger partial charge in [0.2, 0.25) is 0 Å². The Kier molecular flexibility index (Phi) is 24.3. The van der Waals surface area contributed by atoms with E-state index >= 15 is 0 Å². The molecule has 1 unspecified atom stereocenters. The maximum absolute atomic E-state index is 9.94. The van der Waals surface area contributed by atoms with Crippen LogP contribution in [-0.4, -0.2) is 115 Å². The van der Waals surface area contributed by atoms with Gasteiger partial charge >= 0.3 is 154 Å². The van der Waals surface area contributed by atoms with Gasteiger partial charge in [0.05, 0.1) is 13.2 Å². The molecule has 168 valence electrons. The Labute approximate surface area is 304 Å². The van der Waals surface area contributed by atoms with Crippen LogP contribution in [0.4, 0.5) is 0 Å². The van der Waals surface area contributed by atoms with Crippen LogP contribution >= 0.6 is 7.82 Å². The van der Waals surface area contributed by atoms with Crippen LogP contribution in [0.5, 0.6) is 0 Å². The zero-order chi connectivity index (χ0) is 21.8. The van der Waals surface area contributed by atoms with Crippen molar-refractivity contribution in [2.24, 2.45) is 0 Å². The van der Waals surface area contributed by atoms with Gasteiger partial charge in [-0.25, -0.2) is 0 Å². The molecule has 0 aromatic rings. The molecule has 8 N–H and O–H groups in total. The molecule has 2 rings (SSSR count). The van der Waals surface area contributed by atoms with Gasteiger partial charge in [0.25, 0.3) is 0 Å². The van der Waals surface area contributed by atoms with Gasteiger partial charge < -0.3 is 74.3 Å². The van der Waals surface area contributed by atoms with Crippen LogP contribution in [0.3, 0.4) is 0 Å². The van der Waals surface area contributed by atoms with Gasteiger partial charge in [-0.1, -0.05) is 0 Å². The van der Waals surface area contributed by atoms with Crippen molar-refractivity contribution in [3.8, 4) is 0 Å². The van der Waals surface area contributed by atoms with Crippen LogP contribution in [0.1, 0.15) is 0 Å². The van der Waals surface area contributed by atoms with Crippen LogP contribution in [0.2, 0.25) is 0 Å². The van der Waals surface area contributed by atoms with Crippen molar-refractivity contribution in [1.82, 2.24) is 0 Å². The molecule has 2 aliphatic heterocycles. The number of aliphatic hydroxyl groups excluding tert-OH is 8. The van der Waals surface area contributed by atoms with E-state index in [1.54, 1.807) is 0 Å². The summed E-state index contributed by atoms with van der Waals surface area (Å²) in [4.78, 5) is 25.6. The summed E-state index contributed by atoms with van der Waals surface area (Å²) in [7, 11) is -5.39. The van der Waals surface area contributed by atoms with Crippen molar-refractivity contribution in [3.05, 3.63) is 0 Å². The second kappa shape index (κ2) is 18.8. The van der Waals surface area contributed by atoms with Gasteiger partial charge in [0, 0.05) is 0 Å². The van der Waals surface area contributed by atoms with Gasteiger partial charge in [0.15, 0.2) is 12.6 Å². The second-order valence-electron chi connectivity index (χ2n) is 5.97. The minimum Gasteiger partial charge on any atom is -0.822 e. The molecule has 0 bridgehead atoms. The van der Waals surface area contributed by atoms with E-state index < -0.39 is 82.4 Å². The third-order valence-electron chi connectivity index (χ3n) is 3.98. The number of rotatable bonds is 4. The molecule has 2 aliphatic rings. The van der Waals surface area contributed by atoms with Crippen molar-refractivity contribution >= 4 is 7.82 Å². The summed E-state index contributed by atoms with van der Waals surface area (Å²) in [5.41, 5.74) is 0. The molecule has 31 heavy (non-hydrogen) atoms. The predicted molar refractivity (Wildman–Crippen MR) is 76.2 cm³/mol. The number of hydrogen-bond acceptors (Lipinski definition) is 15. The predicted octanol–water partition coefficient (Wildman–Crippen LogP) is -17.2. The smallest absolute Gasteiger partial charge is 0.822 e. The fourth-order valence-corrected chi connectivity index (χ4v) is 2.57. The summed E-state index contributed by atoms with van der Waals surface area (Å²) < 4.78 is 23.8. The van der Waals surface area contributed by atoms with Crippen molar-refractivity contribution in [1.29, 1.82) is 0 Å². The van der Waals surface area contributed by atoms with E-state index in [0.717, 1.165) is 0 Å². The molecule has 10 atom stereocenters. The summed E-state index contributed by atoms with van der Waals surface area (Å²) in [6.45, 7) is -1.35. The molecule has 2 heterocycles. The number of aliphatic hydroxyl groups is 8. The average Bonchev–Trinajstić information content (AvgIpc) is 2.60. The molecule has 0 aromatic carbocycles. The van der Waals surface area contributed by atoms with E-state index in [2.05, 4.69) is 0 Å². The molecule has 0 amide bonds. The second-order valence-corrected chi connectivity index (χ2v) is 6.87. The number of hydrogen-bond donors (Lipinski definition) is 8. The molecule has 19 heteroatoms. The van der Waals surface area contributed by atoms with E-state index in [1.165, 1.54) is 0 Å². The third-order valence-corrected chi connectivity index (χ3v) is 3.98. The molecule has 2 fully saturated rings. The van der Waals surface area contributed by atoms with E-state index in [9.17, 15) is 35.7 Å². The Morgan fingerprint density at radius 2 is 1.16 bits per heavy atom. The molecule has 0 aromatic heterocycles. The van der Waals surface area contributed by atoms with Crippen LogP contribution in [0, 0.1) is 0 Å². The van der Waals surface area contributed by atoms with Crippen LogP contribution in [0.15, 0.2) is 0 Å². The Morgan fingerprint density at radius 3 is 1.58 bits per heavy atom. The normalized spacial score (nSPS) is 40.2. The Balaban J connectivity index is -0.000000883. The summed E-state index contributed by atoms with van der Waals surface area (Å²) in [6.07, 6.45) is -15.6. The van der Waals surface area contributed by atoms with E-state index in [0.29, 0.717) is 0 Å². The van der Waals surface area contributed by atoms with Gasteiger partial charge in [-0.15, -0.1) is 0 Å². The van der Waals surface area contributed by atoms with Crippen LogP contribution in [-0.2, 0) is 18.8 Å². The van der Waals surface area contributed by atoms with E-state index in [4.69, 9.17) is 38.6 Å². The summed E-state index contributed by atoms with van der Waals surface area (Å²) in [6, 6.07) is 0. The summed E-state index contributed by atoms with van der Waals surface area (Å²) in [5, 5.41) is 76.5. The molecule has 0 radical (unpaired) electrons. The number of ether oxygens (including phenoxy) is 3. The summed E-state index contributed by atoms with van der Waals surface area (Å²) in [5.74, 6) is 0. The van der Waals surface area contributed by atoms with Crippen molar-refractivity contribution in [2.75, 3.05) is 13.2 Å². The molecule has 0 saturated carbocycles. The molecule has 0 spiro atoms. The quantitative estimate of drug-likeness (QED) is 0.118. The first-order chi connectivity index (χ1) is 12.8. The molecular formula is C12H22K3O15P. The maximum atomic E-state index is 9.94. The van der Waals surface area contributed by atoms with Crippen molar-refractivity contribution in [3.63, 3.8) is 0 Å². The average molecular weight is 555 g/mol. The Hall–Kier alpha value is 4.58. The molecule has 15 nitrogen and oxygen atoms in total. The zero-order valence-electron chi connectivity index (χ0n) is 17.1. The van der Waals surface area contributed by atoms with Crippen LogP contribution < -0.4 is 169 Å². The van der Waals surface area contributed by atoms with Gasteiger partial charge in [-0.3, -0.25) is 0 Å². The summed E-state index contributed by atoms with van der Waals surface area (Å²) >= 11 is 0. The number of phosphoric acid groups is 1. The molecular weight excluding hydrogens is 532 g/mol. The SMILES string of the molecule is O=P([O-])([O-])[O-].OC[C@H]1O[C@@H](O[C@H]2[C@H](O)[C@@H](O)C(O)O[C@@H]2CO)[C@H](O)[C@@H](O)[C@H]1O.[K+].[K+].[K+]. The molecule has 0 aliphatic carbocycles. The standard InChI is InChI=1S/C12H22O11.3K.H3O4P/c13-1-3-5(15)6(16)9(19)12(22-3)23-10-4(2-14)21-11(20)8(18)7(10)17;;;;1-5(2,3)4/h3-20H,1-2H2;;;;(H3,1,2,3,4)/q;3*+1;/p-3/t3-,4-,5+,6+,7-,8-,9-,10-,11?,12+;;;;/m1..../s1. The topological polar surface area (TPSA) is 276 Å². The third kappa shape index (κ3) is 13.3. The largest absolute Gasteiger partial charge is 1.00 e.